The van der Waals surface area contributed by atoms with Crippen molar-refractivity contribution in [1.82, 2.24) is 5.32 Å². The van der Waals surface area contributed by atoms with Gasteiger partial charge in [0, 0.05) is 17.5 Å². The minimum atomic E-state index is -0.919. The second-order valence-electron chi connectivity index (χ2n) is 6.18. The molecule has 2 aromatic carbocycles. The molecule has 4 heteroatoms. The summed E-state index contributed by atoms with van der Waals surface area (Å²) in [5, 5.41) is 16.1. The number of ether oxygens (including phenoxy) is 1. The Morgan fingerprint density at radius 1 is 1.05 bits per heavy atom. The van der Waals surface area contributed by atoms with Crippen molar-refractivity contribution in [2.45, 2.75) is 30.5 Å². The lowest BCUT2D eigenvalue weighted by Gasteiger charge is -2.45. The van der Waals surface area contributed by atoms with Gasteiger partial charge in [-0.1, -0.05) is 30.3 Å². The summed E-state index contributed by atoms with van der Waals surface area (Å²) in [5.74, 6) is -0.240. The molecule has 0 aliphatic carbocycles. The van der Waals surface area contributed by atoms with Gasteiger partial charge in [-0.15, -0.1) is 0 Å². The highest BCUT2D eigenvalue weighted by molar-refractivity contribution is 5.87. The van der Waals surface area contributed by atoms with E-state index < -0.39 is 5.60 Å². The number of fused-ring (bicyclic) bond motifs is 3. The average molecular weight is 287 g/mol. The van der Waals surface area contributed by atoms with Crippen LogP contribution in [-0.4, -0.2) is 30.4 Å². The summed E-state index contributed by atoms with van der Waals surface area (Å²) >= 11 is 0. The Bertz CT molecular complexity index is 676. The molecular formula is C17H18FNO2. The Morgan fingerprint density at radius 2 is 1.71 bits per heavy atom. The smallest absolute Gasteiger partial charge is 0.131 e. The monoisotopic (exact) mass is 287 g/mol. The van der Waals surface area contributed by atoms with Crippen molar-refractivity contribution in [1.29, 1.82) is 0 Å². The molecule has 0 saturated carbocycles. The molecule has 110 valence electrons. The van der Waals surface area contributed by atoms with Crippen LogP contribution in [0.25, 0.3) is 10.8 Å². The Morgan fingerprint density at radius 3 is 2.43 bits per heavy atom. The quantitative estimate of drug-likeness (QED) is 0.846. The number of nitrogens with one attached hydrogen (secondary N) is 1. The van der Waals surface area contributed by atoms with Crippen LogP contribution in [0.4, 0.5) is 4.39 Å². The normalized spacial score (nSPS) is 32.3. The molecule has 0 aromatic heterocycles. The predicted octanol–water partition coefficient (Wildman–Crippen LogP) is 2.32. The number of halogens is 1. The molecule has 0 radical (unpaired) electrons. The van der Waals surface area contributed by atoms with Gasteiger partial charge in [-0.3, -0.25) is 0 Å². The lowest BCUT2D eigenvalue weighted by atomic mass is 9.76. The van der Waals surface area contributed by atoms with Crippen LogP contribution in [0.15, 0.2) is 36.4 Å². The molecule has 2 bridgehead atoms. The molecule has 2 heterocycles. The molecule has 4 rings (SSSR count). The fraction of sp³-hybridized carbons (Fsp3) is 0.412. The molecule has 2 atom stereocenters. The van der Waals surface area contributed by atoms with Crippen molar-refractivity contribution in [3.8, 4) is 0 Å². The summed E-state index contributed by atoms with van der Waals surface area (Å²) in [5.41, 5.74) is -0.0876. The maximum atomic E-state index is 14.0. The Balaban J connectivity index is 1.84. The van der Waals surface area contributed by atoms with Gasteiger partial charge in [0.25, 0.3) is 0 Å². The molecule has 2 fully saturated rings. The minimum Gasteiger partial charge on any atom is -0.385 e. The lowest BCUT2D eigenvalue weighted by molar-refractivity contribution is -0.0794. The molecule has 21 heavy (non-hydrogen) atoms. The number of rotatable bonds is 1. The highest BCUT2D eigenvalue weighted by atomic mass is 19.1. The van der Waals surface area contributed by atoms with Gasteiger partial charge in [0.1, 0.15) is 5.82 Å². The Hall–Kier alpha value is -1.49. The van der Waals surface area contributed by atoms with Gasteiger partial charge in [-0.25, -0.2) is 4.39 Å². The first kappa shape index (κ1) is 13.2. The van der Waals surface area contributed by atoms with Crippen LogP contribution in [0, 0.1) is 5.82 Å². The summed E-state index contributed by atoms with van der Waals surface area (Å²) in [4.78, 5) is 0. The summed E-state index contributed by atoms with van der Waals surface area (Å²) in [6.45, 7) is 1.25. The van der Waals surface area contributed by atoms with Crippen LogP contribution in [-0.2, 0) is 10.3 Å². The number of morpholine rings is 1. The fourth-order valence-corrected chi connectivity index (χ4v) is 3.80. The maximum Gasteiger partial charge on any atom is 0.131 e. The predicted molar refractivity (Wildman–Crippen MR) is 78.6 cm³/mol. The number of piperidine rings is 1. The second-order valence-corrected chi connectivity index (χ2v) is 6.18. The largest absolute Gasteiger partial charge is 0.385 e. The SMILES string of the molecule is OC1(c2ccc(F)c3ccccc23)CC2COCC(C1)N2. The number of benzene rings is 2. The topological polar surface area (TPSA) is 41.5 Å². The third kappa shape index (κ3) is 2.14. The summed E-state index contributed by atoms with van der Waals surface area (Å²) < 4.78 is 19.5. The van der Waals surface area contributed by atoms with Crippen molar-refractivity contribution in [3.63, 3.8) is 0 Å². The van der Waals surface area contributed by atoms with E-state index in [-0.39, 0.29) is 17.9 Å². The van der Waals surface area contributed by atoms with Crippen molar-refractivity contribution in [2.75, 3.05) is 13.2 Å². The van der Waals surface area contributed by atoms with Crippen LogP contribution in [0.2, 0.25) is 0 Å². The zero-order valence-corrected chi connectivity index (χ0v) is 11.7. The first-order chi connectivity index (χ1) is 10.2. The van der Waals surface area contributed by atoms with Crippen LogP contribution in [0.1, 0.15) is 18.4 Å². The van der Waals surface area contributed by atoms with Gasteiger partial charge >= 0.3 is 0 Å². The van der Waals surface area contributed by atoms with Gasteiger partial charge < -0.3 is 15.2 Å². The van der Waals surface area contributed by atoms with Gasteiger partial charge in [-0.2, -0.15) is 0 Å². The van der Waals surface area contributed by atoms with E-state index in [1.165, 1.54) is 6.07 Å². The molecule has 2 N–H and O–H groups in total. The second kappa shape index (κ2) is 4.77. The zero-order chi connectivity index (χ0) is 14.4. The molecule has 2 aliphatic heterocycles. The summed E-state index contributed by atoms with van der Waals surface area (Å²) in [7, 11) is 0. The molecule has 0 amide bonds. The molecular weight excluding hydrogens is 269 g/mol. The van der Waals surface area contributed by atoms with E-state index in [2.05, 4.69) is 5.32 Å². The van der Waals surface area contributed by atoms with Gasteiger partial charge in [-0.05, 0) is 29.9 Å². The van der Waals surface area contributed by atoms with Gasteiger partial charge in [0.2, 0.25) is 0 Å². The third-order valence-electron chi connectivity index (χ3n) is 4.65. The Kier molecular flexibility index (Phi) is 2.99. The summed E-state index contributed by atoms with van der Waals surface area (Å²) in [6.07, 6.45) is 1.19. The molecule has 3 nitrogen and oxygen atoms in total. The van der Waals surface area contributed by atoms with Gasteiger partial charge in [0.05, 0.1) is 18.8 Å². The third-order valence-corrected chi connectivity index (χ3v) is 4.65. The highest BCUT2D eigenvalue weighted by Crippen LogP contribution is 2.40. The average Bonchev–Trinajstić information content (AvgIpc) is 2.47. The number of hydrogen-bond donors (Lipinski definition) is 2. The standard InChI is InChI=1S/C17H18FNO2/c18-16-6-5-15(13-3-1-2-4-14(13)16)17(20)7-11-9-21-10-12(8-17)19-11/h1-6,11-12,19-20H,7-10H2. The first-order valence-corrected chi connectivity index (χ1v) is 7.40. The van der Waals surface area contributed by atoms with E-state index in [1.807, 2.05) is 18.2 Å². The van der Waals surface area contributed by atoms with E-state index >= 15 is 0 Å². The van der Waals surface area contributed by atoms with Crippen LogP contribution in [0.5, 0.6) is 0 Å². The van der Waals surface area contributed by atoms with E-state index in [0.29, 0.717) is 31.4 Å². The maximum absolute atomic E-state index is 14.0. The van der Waals surface area contributed by atoms with Crippen molar-refractivity contribution in [2.24, 2.45) is 0 Å². The van der Waals surface area contributed by atoms with Crippen LogP contribution < -0.4 is 5.32 Å². The van der Waals surface area contributed by atoms with E-state index in [9.17, 15) is 9.50 Å². The van der Waals surface area contributed by atoms with Crippen molar-refractivity contribution < 1.29 is 14.2 Å². The van der Waals surface area contributed by atoms with Crippen LogP contribution >= 0.6 is 0 Å². The fourth-order valence-electron chi connectivity index (χ4n) is 3.80. The molecule has 0 spiro atoms. The van der Waals surface area contributed by atoms with Crippen molar-refractivity contribution in [3.05, 3.63) is 47.8 Å². The lowest BCUT2D eigenvalue weighted by Crippen LogP contribution is -2.58. The number of hydrogen-bond acceptors (Lipinski definition) is 3. The molecule has 2 aromatic rings. The number of aliphatic hydroxyl groups is 1. The molecule has 2 aliphatic rings. The van der Waals surface area contributed by atoms with E-state index in [0.717, 1.165) is 10.9 Å². The van der Waals surface area contributed by atoms with Crippen molar-refractivity contribution >= 4 is 10.8 Å². The zero-order valence-electron chi connectivity index (χ0n) is 11.7. The van der Waals surface area contributed by atoms with E-state index in [1.54, 1.807) is 12.1 Å². The Labute approximate surface area is 122 Å². The summed E-state index contributed by atoms with van der Waals surface area (Å²) in [6, 6.07) is 10.9. The molecule has 2 unspecified atom stereocenters. The first-order valence-electron chi connectivity index (χ1n) is 7.40. The van der Waals surface area contributed by atoms with E-state index in [4.69, 9.17) is 4.74 Å². The molecule has 2 saturated heterocycles. The minimum absolute atomic E-state index is 0.159. The van der Waals surface area contributed by atoms with Gasteiger partial charge in [0.15, 0.2) is 0 Å². The highest BCUT2D eigenvalue weighted by Gasteiger charge is 2.43. The van der Waals surface area contributed by atoms with Crippen LogP contribution in [0.3, 0.4) is 0 Å².